The van der Waals surface area contributed by atoms with Crippen LogP contribution in [0.5, 0.6) is 0 Å². The number of rotatable bonds is 2. The van der Waals surface area contributed by atoms with E-state index in [0.717, 1.165) is 27.2 Å². The van der Waals surface area contributed by atoms with Crippen molar-refractivity contribution < 1.29 is 0 Å². The highest BCUT2D eigenvalue weighted by molar-refractivity contribution is 6.34. The normalized spacial score (nSPS) is 10.9. The number of nitrogen functional groups attached to an aromatic ring is 1. The molecular weight excluding hydrogens is 359 g/mol. The van der Waals surface area contributed by atoms with E-state index in [-0.39, 0.29) is 5.95 Å². The summed E-state index contributed by atoms with van der Waals surface area (Å²) in [6, 6.07) is 1.86. The lowest BCUT2D eigenvalue weighted by molar-refractivity contribution is 0.505. The maximum atomic E-state index is 6.28. The number of anilines is 1. The minimum Gasteiger partial charge on any atom is -0.368 e. The molecule has 8 heteroatoms. The molecule has 25 heavy (non-hydrogen) atoms. The van der Waals surface area contributed by atoms with Gasteiger partial charge in [0.1, 0.15) is 10.8 Å². The van der Waals surface area contributed by atoms with Gasteiger partial charge in [-0.05, 0) is 52.2 Å². The molecule has 134 valence electrons. The summed E-state index contributed by atoms with van der Waals surface area (Å²) in [4.78, 5) is 14.6. The van der Waals surface area contributed by atoms with Gasteiger partial charge in [0.25, 0.3) is 0 Å². The Morgan fingerprint density at radius 2 is 1.80 bits per heavy atom. The molecule has 0 aliphatic rings. The van der Waals surface area contributed by atoms with Crippen molar-refractivity contribution in [2.24, 2.45) is 0 Å². The molecule has 3 rings (SSSR count). The first-order valence-electron chi connectivity index (χ1n) is 7.70. The zero-order valence-electron chi connectivity index (χ0n) is 15.0. The Morgan fingerprint density at radius 1 is 1.16 bits per heavy atom. The molecule has 0 fully saturated rings. The molecule has 0 radical (unpaired) electrons. The van der Waals surface area contributed by atoms with E-state index in [4.69, 9.17) is 28.9 Å². The van der Waals surface area contributed by atoms with E-state index in [1.165, 1.54) is 0 Å². The van der Waals surface area contributed by atoms with Gasteiger partial charge in [0.15, 0.2) is 0 Å². The number of fused-ring (bicyclic) bond motifs is 1. The van der Waals surface area contributed by atoms with Gasteiger partial charge in [-0.3, -0.25) is 4.98 Å². The van der Waals surface area contributed by atoms with Crippen molar-refractivity contribution in [2.45, 2.75) is 20.4 Å². The number of nitrogens with two attached hydrogens (primary N) is 1. The van der Waals surface area contributed by atoms with Gasteiger partial charge in [-0.1, -0.05) is 23.2 Å². The third kappa shape index (κ3) is 4.60. The molecule has 3 aromatic heterocycles. The van der Waals surface area contributed by atoms with E-state index in [1.807, 2.05) is 56.7 Å². The highest BCUT2D eigenvalue weighted by atomic mass is 35.5. The molecule has 0 aliphatic carbocycles. The topological polar surface area (TPSA) is 72.9 Å². The standard InChI is InChI=1S/C14H13Cl2N5.C3H9N/c1-7-5-18-10(8(2)11(7)15)6-21-4-3-9-12(16)19-14(17)20-13(9)21;1-4(2)3/h3-5H,6H2,1-2H3,(H2,17,19,20);1-3H3. The summed E-state index contributed by atoms with van der Waals surface area (Å²) in [6.07, 6.45) is 3.66. The predicted molar refractivity (Wildman–Crippen MR) is 104 cm³/mol. The highest BCUT2D eigenvalue weighted by Gasteiger charge is 2.12. The first kappa shape index (κ1) is 19.4. The molecule has 0 aliphatic heterocycles. The molecule has 0 atom stereocenters. The quantitative estimate of drug-likeness (QED) is 0.688. The fourth-order valence-corrected chi connectivity index (χ4v) is 2.64. The second-order valence-electron chi connectivity index (χ2n) is 6.22. The molecule has 0 amide bonds. The zero-order chi connectivity index (χ0) is 18.7. The fraction of sp³-hybridized carbons (Fsp3) is 0.353. The van der Waals surface area contributed by atoms with Crippen molar-refractivity contribution in [3.63, 3.8) is 0 Å². The van der Waals surface area contributed by atoms with Crippen LogP contribution in [0.1, 0.15) is 16.8 Å². The molecule has 0 saturated heterocycles. The van der Waals surface area contributed by atoms with Gasteiger partial charge in [-0.25, -0.2) is 4.98 Å². The van der Waals surface area contributed by atoms with Crippen molar-refractivity contribution >= 4 is 40.2 Å². The second-order valence-corrected chi connectivity index (χ2v) is 6.96. The number of nitrogens with zero attached hydrogens (tertiary/aromatic N) is 5. The van der Waals surface area contributed by atoms with Crippen molar-refractivity contribution in [1.82, 2.24) is 24.4 Å². The number of aromatic nitrogens is 4. The predicted octanol–water partition coefficient (Wildman–Crippen LogP) is 3.56. The summed E-state index contributed by atoms with van der Waals surface area (Å²) in [5.41, 5.74) is 9.16. The van der Waals surface area contributed by atoms with Crippen LogP contribution in [0.25, 0.3) is 11.0 Å². The molecule has 0 aromatic carbocycles. The number of aryl methyl sites for hydroxylation is 1. The van der Waals surface area contributed by atoms with Gasteiger partial charge in [0, 0.05) is 17.4 Å². The summed E-state index contributed by atoms with van der Waals surface area (Å²) < 4.78 is 1.93. The van der Waals surface area contributed by atoms with Crippen LogP contribution in [0.3, 0.4) is 0 Å². The van der Waals surface area contributed by atoms with Crippen molar-refractivity contribution in [3.05, 3.63) is 45.5 Å². The Morgan fingerprint density at radius 3 is 2.44 bits per heavy atom. The lowest BCUT2D eigenvalue weighted by Gasteiger charge is -2.10. The van der Waals surface area contributed by atoms with E-state index in [0.29, 0.717) is 17.3 Å². The molecule has 0 spiro atoms. The van der Waals surface area contributed by atoms with E-state index in [1.54, 1.807) is 6.20 Å². The third-order valence-electron chi connectivity index (χ3n) is 3.43. The van der Waals surface area contributed by atoms with Crippen LogP contribution in [0.2, 0.25) is 10.2 Å². The van der Waals surface area contributed by atoms with E-state index < -0.39 is 0 Å². The number of pyridine rings is 1. The average Bonchev–Trinajstić information content (AvgIpc) is 2.90. The van der Waals surface area contributed by atoms with Crippen LogP contribution < -0.4 is 5.73 Å². The van der Waals surface area contributed by atoms with Crippen LogP contribution in [0.4, 0.5) is 5.95 Å². The zero-order valence-corrected chi connectivity index (χ0v) is 16.5. The Labute approximate surface area is 157 Å². The smallest absolute Gasteiger partial charge is 0.223 e. The minimum absolute atomic E-state index is 0.152. The minimum atomic E-state index is 0.152. The fourth-order valence-electron chi connectivity index (χ4n) is 2.24. The highest BCUT2D eigenvalue weighted by Crippen LogP contribution is 2.25. The second kappa shape index (κ2) is 7.99. The third-order valence-corrected chi connectivity index (χ3v) is 4.30. The monoisotopic (exact) mass is 380 g/mol. The number of halogens is 2. The lowest BCUT2D eigenvalue weighted by atomic mass is 10.1. The van der Waals surface area contributed by atoms with Crippen LogP contribution in [-0.2, 0) is 6.54 Å². The van der Waals surface area contributed by atoms with Crippen LogP contribution >= 0.6 is 23.2 Å². The molecule has 0 saturated carbocycles. The summed E-state index contributed by atoms with van der Waals surface area (Å²) in [6.45, 7) is 4.44. The molecule has 6 nitrogen and oxygen atoms in total. The number of hydrogen-bond donors (Lipinski definition) is 1. The van der Waals surface area contributed by atoms with Gasteiger partial charge in [-0.2, -0.15) is 4.98 Å². The largest absolute Gasteiger partial charge is 0.368 e. The first-order chi connectivity index (χ1) is 11.7. The van der Waals surface area contributed by atoms with Crippen LogP contribution in [0.15, 0.2) is 18.5 Å². The molecular formula is C17H22Cl2N6. The van der Waals surface area contributed by atoms with E-state index in [9.17, 15) is 0 Å². The summed E-state index contributed by atoms with van der Waals surface area (Å²) >= 11 is 12.4. The SMILES string of the molecule is CN(C)C.Cc1cnc(Cn2ccc3c(Cl)nc(N)nc32)c(C)c1Cl. The molecule has 2 N–H and O–H groups in total. The Hall–Kier alpha value is -1.89. The Kier molecular flexibility index (Phi) is 6.21. The lowest BCUT2D eigenvalue weighted by Crippen LogP contribution is -2.06. The Balaban J connectivity index is 0.000000511. The summed E-state index contributed by atoms with van der Waals surface area (Å²) in [5.74, 6) is 0.152. The van der Waals surface area contributed by atoms with Gasteiger partial charge < -0.3 is 15.2 Å². The molecule has 0 unspecified atom stereocenters. The van der Waals surface area contributed by atoms with E-state index >= 15 is 0 Å². The summed E-state index contributed by atoms with van der Waals surface area (Å²) in [7, 11) is 6.00. The molecule has 0 bridgehead atoms. The molecule has 3 heterocycles. The first-order valence-corrected chi connectivity index (χ1v) is 8.45. The van der Waals surface area contributed by atoms with Gasteiger partial charge in [0.2, 0.25) is 5.95 Å². The van der Waals surface area contributed by atoms with Crippen molar-refractivity contribution in [3.8, 4) is 0 Å². The number of hydrogen-bond acceptors (Lipinski definition) is 5. The van der Waals surface area contributed by atoms with Crippen LogP contribution in [0, 0.1) is 13.8 Å². The maximum absolute atomic E-state index is 6.28. The van der Waals surface area contributed by atoms with Gasteiger partial charge in [0.05, 0.1) is 17.6 Å². The van der Waals surface area contributed by atoms with E-state index in [2.05, 4.69) is 15.0 Å². The maximum Gasteiger partial charge on any atom is 0.223 e. The Bertz CT molecular complexity index is 886. The van der Waals surface area contributed by atoms with Crippen LogP contribution in [-0.4, -0.2) is 45.6 Å². The summed E-state index contributed by atoms with van der Waals surface area (Å²) in [5, 5.41) is 1.85. The van der Waals surface area contributed by atoms with Gasteiger partial charge >= 0.3 is 0 Å². The average molecular weight is 381 g/mol. The van der Waals surface area contributed by atoms with Crippen molar-refractivity contribution in [1.29, 1.82) is 0 Å². The molecule has 3 aromatic rings. The van der Waals surface area contributed by atoms with Gasteiger partial charge in [-0.15, -0.1) is 0 Å². The van der Waals surface area contributed by atoms with Crippen molar-refractivity contribution in [2.75, 3.05) is 26.9 Å².